The van der Waals surface area contributed by atoms with Crippen molar-refractivity contribution in [2.75, 3.05) is 13.2 Å². The van der Waals surface area contributed by atoms with Gasteiger partial charge in [0.15, 0.2) is 0 Å². The van der Waals surface area contributed by atoms with Gasteiger partial charge < -0.3 is 9.47 Å². The molecule has 2 rings (SSSR count). The molecule has 1 aliphatic heterocycles. The molecule has 25 heavy (non-hydrogen) atoms. The standard InChI is InChI=1S/C23H36O2/c1-3-4-5-6-7-8-9-10-11-12-13-14-21-15-17-22(18-16-21)24-19-23(2)20-25-23/h10-11,15-18H,3-9,12-14,19-20H2,1-2H3/b11-10+. The van der Waals surface area contributed by atoms with Crippen LogP contribution in [0.5, 0.6) is 5.75 Å². The molecule has 1 atom stereocenters. The Hall–Kier alpha value is -1.28. The lowest BCUT2D eigenvalue weighted by molar-refractivity contribution is 0.202. The fourth-order valence-corrected chi connectivity index (χ4v) is 2.90. The monoisotopic (exact) mass is 344 g/mol. The van der Waals surface area contributed by atoms with Crippen LogP contribution < -0.4 is 4.74 Å². The zero-order chi connectivity index (χ0) is 17.8. The molecule has 0 aliphatic carbocycles. The first-order valence-electron chi connectivity index (χ1n) is 10.2. The molecule has 0 N–H and O–H groups in total. The Balaban J connectivity index is 1.48. The average Bonchev–Trinajstić information content (AvgIpc) is 3.37. The molecule has 1 fully saturated rings. The molecule has 0 bridgehead atoms. The topological polar surface area (TPSA) is 21.8 Å². The Bertz CT molecular complexity index is 485. The number of epoxide rings is 1. The van der Waals surface area contributed by atoms with Crippen LogP contribution in [0.3, 0.4) is 0 Å². The normalized spacial score (nSPS) is 19.4. The van der Waals surface area contributed by atoms with E-state index in [0.29, 0.717) is 6.61 Å². The number of aryl methyl sites for hydroxylation is 1. The van der Waals surface area contributed by atoms with Crippen molar-refractivity contribution >= 4 is 0 Å². The van der Waals surface area contributed by atoms with E-state index in [-0.39, 0.29) is 5.60 Å². The molecule has 2 heteroatoms. The number of allylic oxidation sites excluding steroid dienone is 2. The van der Waals surface area contributed by atoms with E-state index in [9.17, 15) is 0 Å². The lowest BCUT2D eigenvalue weighted by Gasteiger charge is -2.09. The van der Waals surface area contributed by atoms with Crippen LogP contribution in [0, 0.1) is 0 Å². The van der Waals surface area contributed by atoms with E-state index in [1.807, 2.05) is 0 Å². The zero-order valence-electron chi connectivity index (χ0n) is 16.3. The van der Waals surface area contributed by atoms with Gasteiger partial charge in [-0.1, -0.05) is 63.3 Å². The SMILES string of the molecule is CCCCCCCC/C=C/CCCc1ccc(OCC2(C)CO2)cc1. The van der Waals surface area contributed by atoms with E-state index in [1.165, 1.54) is 63.4 Å². The fourth-order valence-electron chi connectivity index (χ4n) is 2.90. The van der Waals surface area contributed by atoms with Crippen LogP contribution in [-0.2, 0) is 11.2 Å². The second-order valence-corrected chi connectivity index (χ2v) is 7.59. The summed E-state index contributed by atoms with van der Waals surface area (Å²) < 4.78 is 11.1. The molecule has 1 aromatic carbocycles. The molecular weight excluding hydrogens is 308 g/mol. The molecule has 0 radical (unpaired) electrons. The van der Waals surface area contributed by atoms with Crippen LogP contribution in [0.25, 0.3) is 0 Å². The minimum absolute atomic E-state index is 0.0412. The molecule has 0 saturated carbocycles. The van der Waals surface area contributed by atoms with Gasteiger partial charge in [0.1, 0.15) is 18.0 Å². The minimum atomic E-state index is -0.0412. The van der Waals surface area contributed by atoms with Gasteiger partial charge in [-0.05, 0) is 56.7 Å². The van der Waals surface area contributed by atoms with E-state index < -0.39 is 0 Å². The summed E-state index contributed by atoms with van der Waals surface area (Å²) in [5.41, 5.74) is 1.35. The molecule has 0 amide bonds. The van der Waals surface area contributed by atoms with E-state index in [4.69, 9.17) is 9.47 Å². The van der Waals surface area contributed by atoms with Crippen molar-refractivity contribution < 1.29 is 9.47 Å². The number of benzene rings is 1. The van der Waals surface area contributed by atoms with Crippen LogP contribution in [-0.4, -0.2) is 18.8 Å². The second-order valence-electron chi connectivity index (χ2n) is 7.59. The van der Waals surface area contributed by atoms with Gasteiger partial charge in [-0.25, -0.2) is 0 Å². The van der Waals surface area contributed by atoms with Gasteiger partial charge in [-0.2, -0.15) is 0 Å². The molecular formula is C23H36O2. The van der Waals surface area contributed by atoms with E-state index in [1.54, 1.807) is 0 Å². The van der Waals surface area contributed by atoms with Crippen molar-refractivity contribution in [3.8, 4) is 5.75 Å². The lowest BCUT2D eigenvalue weighted by atomic mass is 10.1. The number of unbranched alkanes of at least 4 members (excludes halogenated alkanes) is 7. The molecule has 1 saturated heterocycles. The van der Waals surface area contributed by atoms with Crippen LogP contribution in [0.1, 0.15) is 77.2 Å². The number of ether oxygens (including phenoxy) is 2. The highest BCUT2D eigenvalue weighted by atomic mass is 16.6. The van der Waals surface area contributed by atoms with Crippen molar-refractivity contribution in [1.82, 2.24) is 0 Å². The molecule has 0 spiro atoms. The van der Waals surface area contributed by atoms with Crippen molar-refractivity contribution in [3.63, 3.8) is 0 Å². The smallest absolute Gasteiger partial charge is 0.123 e. The summed E-state index contributed by atoms with van der Waals surface area (Å²) in [6.07, 6.45) is 17.8. The maximum Gasteiger partial charge on any atom is 0.123 e. The van der Waals surface area contributed by atoms with Gasteiger partial charge in [-0.3, -0.25) is 0 Å². The maximum atomic E-state index is 5.76. The van der Waals surface area contributed by atoms with Crippen molar-refractivity contribution in [1.29, 1.82) is 0 Å². The van der Waals surface area contributed by atoms with Crippen molar-refractivity contribution in [2.45, 2.75) is 83.7 Å². The summed E-state index contributed by atoms with van der Waals surface area (Å²) in [6, 6.07) is 8.53. The summed E-state index contributed by atoms with van der Waals surface area (Å²) in [5, 5.41) is 0. The van der Waals surface area contributed by atoms with Gasteiger partial charge in [0.05, 0.1) is 6.61 Å². The molecule has 1 aliphatic rings. The number of rotatable bonds is 14. The van der Waals surface area contributed by atoms with Crippen molar-refractivity contribution in [3.05, 3.63) is 42.0 Å². The molecule has 0 aromatic heterocycles. The predicted molar refractivity (Wildman–Crippen MR) is 106 cm³/mol. The van der Waals surface area contributed by atoms with E-state index in [2.05, 4.69) is 50.3 Å². The fraction of sp³-hybridized carbons (Fsp3) is 0.652. The van der Waals surface area contributed by atoms with Crippen LogP contribution in [0.2, 0.25) is 0 Å². The first-order chi connectivity index (χ1) is 12.2. The van der Waals surface area contributed by atoms with Crippen molar-refractivity contribution in [2.24, 2.45) is 0 Å². The number of hydrogen-bond acceptors (Lipinski definition) is 2. The molecule has 1 unspecified atom stereocenters. The van der Waals surface area contributed by atoms with E-state index >= 15 is 0 Å². The summed E-state index contributed by atoms with van der Waals surface area (Å²) in [6.45, 7) is 5.82. The van der Waals surface area contributed by atoms with Gasteiger partial charge in [0.25, 0.3) is 0 Å². The molecule has 1 heterocycles. The summed E-state index contributed by atoms with van der Waals surface area (Å²) in [4.78, 5) is 0. The lowest BCUT2D eigenvalue weighted by Crippen LogP contribution is -2.16. The van der Waals surface area contributed by atoms with Gasteiger partial charge in [-0.15, -0.1) is 0 Å². The largest absolute Gasteiger partial charge is 0.491 e. The zero-order valence-corrected chi connectivity index (χ0v) is 16.3. The predicted octanol–water partition coefficient (Wildman–Crippen LogP) is 6.48. The second kappa shape index (κ2) is 11.4. The number of hydrogen-bond donors (Lipinski definition) is 0. The average molecular weight is 345 g/mol. The Morgan fingerprint density at radius 2 is 1.60 bits per heavy atom. The van der Waals surface area contributed by atoms with Crippen LogP contribution >= 0.6 is 0 Å². The van der Waals surface area contributed by atoms with E-state index in [0.717, 1.165) is 18.8 Å². The highest BCUT2D eigenvalue weighted by Crippen LogP contribution is 2.27. The first kappa shape index (κ1) is 20.0. The Morgan fingerprint density at radius 1 is 0.960 bits per heavy atom. The third-order valence-electron chi connectivity index (χ3n) is 4.83. The third kappa shape index (κ3) is 9.11. The van der Waals surface area contributed by atoms with Gasteiger partial charge >= 0.3 is 0 Å². The van der Waals surface area contributed by atoms with Gasteiger partial charge in [0, 0.05) is 0 Å². The highest BCUT2D eigenvalue weighted by molar-refractivity contribution is 5.27. The summed E-state index contributed by atoms with van der Waals surface area (Å²) >= 11 is 0. The Labute approximate surface area is 154 Å². The van der Waals surface area contributed by atoms with Crippen LogP contribution in [0.4, 0.5) is 0 Å². The third-order valence-corrected chi connectivity index (χ3v) is 4.83. The summed E-state index contributed by atoms with van der Waals surface area (Å²) in [7, 11) is 0. The van der Waals surface area contributed by atoms with Gasteiger partial charge in [0.2, 0.25) is 0 Å². The minimum Gasteiger partial charge on any atom is -0.491 e. The maximum absolute atomic E-state index is 5.76. The molecule has 1 aromatic rings. The quantitative estimate of drug-likeness (QED) is 0.219. The Morgan fingerprint density at radius 3 is 2.28 bits per heavy atom. The summed E-state index contributed by atoms with van der Waals surface area (Å²) in [5.74, 6) is 0.944. The molecule has 140 valence electrons. The van der Waals surface area contributed by atoms with Crippen LogP contribution in [0.15, 0.2) is 36.4 Å². The Kier molecular flexibility index (Phi) is 9.10. The molecule has 2 nitrogen and oxygen atoms in total. The first-order valence-corrected chi connectivity index (χ1v) is 10.2. The highest BCUT2D eigenvalue weighted by Gasteiger charge is 2.40.